The van der Waals surface area contributed by atoms with E-state index in [0.29, 0.717) is 12.5 Å². The van der Waals surface area contributed by atoms with E-state index in [4.69, 9.17) is 9.15 Å². The van der Waals surface area contributed by atoms with Crippen molar-refractivity contribution in [1.29, 1.82) is 0 Å². The molecule has 0 aliphatic heterocycles. The molecule has 0 aliphatic rings. The number of ether oxygens (including phenoxy) is 1. The number of furan rings is 1. The second kappa shape index (κ2) is 7.27. The fourth-order valence-electron chi connectivity index (χ4n) is 2.08. The van der Waals surface area contributed by atoms with Gasteiger partial charge < -0.3 is 14.5 Å². The summed E-state index contributed by atoms with van der Waals surface area (Å²) in [6.07, 6.45) is 1.76. The van der Waals surface area contributed by atoms with Crippen molar-refractivity contribution >= 4 is 0 Å². The van der Waals surface area contributed by atoms with Gasteiger partial charge in [-0.3, -0.25) is 4.98 Å². The molecule has 4 nitrogen and oxygen atoms in total. The van der Waals surface area contributed by atoms with Crippen LogP contribution >= 0.6 is 0 Å². The maximum absolute atomic E-state index is 5.85. The molecule has 2 rings (SSSR count). The van der Waals surface area contributed by atoms with Crippen LogP contribution in [0.3, 0.4) is 0 Å². The van der Waals surface area contributed by atoms with E-state index >= 15 is 0 Å². The summed E-state index contributed by atoms with van der Waals surface area (Å²) in [7, 11) is 0. The summed E-state index contributed by atoms with van der Waals surface area (Å²) in [5.41, 5.74) is 2.05. The molecule has 0 atom stereocenters. The van der Waals surface area contributed by atoms with Gasteiger partial charge in [0, 0.05) is 6.20 Å². The second-order valence-corrected chi connectivity index (χ2v) is 5.72. The summed E-state index contributed by atoms with van der Waals surface area (Å²) < 4.78 is 11.6. The lowest BCUT2D eigenvalue weighted by Crippen LogP contribution is -2.18. The minimum Gasteiger partial charge on any atom is -0.484 e. The number of hydrogen-bond donors (Lipinski definition) is 1. The number of pyridine rings is 1. The van der Waals surface area contributed by atoms with Gasteiger partial charge in [0.2, 0.25) is 0 Å². The van der Waals surface area contributed by atoms with Crippen molar-refractivity contribution < 1.29 is 9.15 Å². The SMILES string of the molecule is Cc1cc(COc2cccnc2C)oc1CNCC(C)C. The highest BCUT2D eigenvalue weighted by Gasteiger charge is 2.09. The number of hydrogen-bond acceptors (Lipinski definition) is 4. The van der Waals surface area contributed by atoms with Gasteiger partial charge in [0.05, 0.1) is 12.2 Å². The lowest BCUT2D eigenvalue weighted by Gasteiger charge is -2.07. The Morgan fingerprint density at radius 1 is 1.33 bits per heavy atom. The number of aryl methyl sites for hydroxylation is 2. The average molecular weight is 288 g/mol. The Morgan fingerprint density at radius 3 is 2.86 bits per heavy atom. The van der Waals surface area contributed by atoms with E-state index in [1.165, 1.54) is 0 Å². The van der Waals surface area contributed by atoms with Crippen LogP contribution in [-0.2, 0) is 13.2 Å². The van der Waals surface area contributed by atoms with Crippen LogP contribution < -0.4 is 10.1 Å². The zero-order chi connectivity index (χ0) is 15.2. The molecule has 2 aromatic heterocycles. The normalized spacial score (nSPS) is 11.1. The molecule has 0 saturated heterocycles. The van der Waals surface area contributed by atoms with Gasteiger partial charge in [-0.2, -0.15) is 0 Å². The highest BCUT2D eigenvalue weighted by atomic mass is 16.5. The van der Waals surface area contributed by atoms with Crippen molar-refractivity contribution in [3.63, 3.8) is 0 Å². The molecule has 114 valence electrons. The molecule has 0 saturated carbocycles. The van der Waals surface area contributed by atoms with Crippen molar-refractivity contribution in [3.8, 4) is 5.75 Å². The second-order valence-electron chi connectivity index (χ2n) is 5.72. The molecule has 0 spiro atoms. The van der Waals surface area contributed by atoms with Crippen molar-refractivity contribution in [1.82, 2.24) is 10.3 Å². The van der Waals surface area contributed by atoms with Crippen molar-refractivity contribution in [2.45, 2.75) is 40.8 Å². The predicted octanol–water partition coefficient (Wildman–Crippen LogP) is 3.62. The quantitative estimate of drug-likeness (QED) is 0.845. The van der Waals surface area contributed by atoms with Gasteiger partial charge in [-0.15, -0.1) is 0 Å². The van der Waals surface area contributed by atoms with Gasteiger partial charge in [0.25, 0.3) is 0 Å². The average Bonchev–Trinajstić information content (AvgIpc) is 2.78. The Balaban J connectivity index is 1.91. The Morgan fingerprint density at radius 2 is 2.14 bits per heavy atom. The summed E-state index contributed by atoms with van der Waals surface area (Å²) in [6.45, 7) is 10.6. The molecule has 4 heteroatoms. The summed E-state index contributed by atoms with van der Waals surface area (Å²) in [5, 5.41) is 3.39. The van der Waals surface area contributed by atoms with Crippen LogP contribution in [0.4, 0.5) is 0 Å². The predicted molar refractivity (Wildman–Crippen MR) is 83.3 cm³/mol. The van der Waals surface area contributed by atoms with Gasteiger partial charge in [0.1, 0.15) is 23.9 Å². The Bertz CT molecular complexity index is 576. The summed E-state index contributed by atoms with van der Waals surface area (Å²) in [4.78, 5) is 4.21. The topological polar surface area (TPSA) is 47.3 Å². The van der Waals surface area contributed by atoms with Crippen molar-refractivity contribution in [2.24, 2.45) is 5.92 Å². The molecular formula is C17H24N2O2. The summed E-state index contributed by atoms with van der Waals surface area (Å²) >= 11 is 0. The van der Waals surface area contributed by atoms with Crippen LogP contribution in [0.25, 0.3) is 0 Å². The molecule has 2 heterocycles. The molecule has 0 radical (unpaired) electrons. The van der Waals surface area contributed by atoms with Gasteiger partial charge >= 0.3 is 0 Å². The molecular weight excluding hydrogens is 264 g/mol. The van der Waals surface area contributed by atoms with E-state index in [9.17, 15) is 0 Å². The molecule has 0 aliphatic carbocycles. The van der Waals surface area contributed by atoms with E-state index in [1.54, 1.807) is 6.20 Å². The van der Waals surface area contributed by atoms with Gasteiger partial charge in [-0.05, 0) is 50.1 Å². The number of aromatic nitrogens is 1. The zero-order valence-electron chi connectivity index (χ0n) is 13.3. The third-order valence-corrected chi connectivity index (χ3v) is 3.24. The van der Waals surface area contributed by atoms with Crippen LogP contribution in [0, 0.1) is 19.8 Å². The fourth-order valence-corrected chi connectivity index (χ4v) is 2.08. The van der Waals surface area contributed by atoms with Crippen LogP contribution in [0.15, 0.2) is 28.8 Å². The first-order valence-electron chi connectivity index (χ1n) is 7.39. The maximum Gasteiger partial charge on any atom is 0.146 e. The van der Waals surface area contributed by atoms with Crippen LogP contribution in [0.2, 0.25) is 0 Å². The third kappa shape index (κ3) is 4.60. The maximum atomic E-state index is 5.85. The van der Waals surface area contributed by atoms with Crippen LogP contribution in [0.1, 0.15) is 36.6 Å². The molecule has 1 N–H and O–H groups in total. The van der Waals surface area contributed by atoms with Crippen molar-refractivity contribution in [2.75, 3.05) is 6.54 Å². The minimum atomic E-state index is 0.428. The summed E-state index contributed by atoms with van der Waals surface area (Å²) in [6, 6.07) is 5.83. The van der Waals surface area contributed by atoms with Crippen molar-refractivity contribution in [3.05, 3.63) is 47.2 Å². The molecule has 0 bridgehead atoms. The summed E-state index contributed by atoms with van der Waals surface area (Å²) in [5.74, 6) is 3.26. The van der Waals surface area contributed by atoms with Gasteiger partial charge in [0.15, 0.2) is 0 Å². The lowest BCUT2D eigenvalue weighted by molar-refractivity contribution is 0.262. The number of rotatable bonds is 7. The molecule has 0 fully saturated rings. The molecule has 0 aromatic carbocycles. The first-order chi connectivity index (χ1) is 10.1. The Labute approximate surface area is 126 Å². The van der Waals surface area contributed by atoms with E-state index in [0.717, 1.165) is 41.6 Å². The number of nitrogens with zero attached hydrogens (tertiary/aromatic N) is 1. The van der Waals surface area contributed by atoms with Gasteiger partial charge in [-0.1, -0.05) is 13.8 Å². The minimum absolute atomic E-state index is 0.428. The highest BCUT2D eigenvalue weighted by Crippen LogP contribution is 2.19. The van der Waals surface area contributed by atoms with Gasteiger partial charge in [-0.25, -0.2) is 0 Å². The molecule has 2 aromatic rings. The Hall–Kier alpha value is -1.81. The standard InChI is InChI=1S/C17H24N2O2/c1-12(2)9-18-10-17-13(3)8-15(21-17)11-20-16-6-5-7-19-14(16)4/h5-8,12,18H,9-11H2,1-4H3. The molecule has 21 heavy (non-hydrogen) atoms. The van der Waals surface area contributed by atoms with E-state index < -0.39 is 0 Å². The molecule has 0 amide bonds. The highest BCUT2D eigenvalue weighted by molar-refractivity contribution is 5.26. The van der Waals surface area contributed by atoms with Crippen LogP contribution in [0.5, 0.6) is 5.75 Å². The smallest absolute Gasteiger partial charge is 0.146 e. The Kier molecular flexibility index (Phi) is 5.39. The third-order valence-electron chi connectivity index (χ3n) is 3.24. The van der Waals surface area contributed by atoms with E-state index in [1.807, 2.05) is 25.1 Å². The zero-order valence-corrected chi connectivity index (χ0v) is 13.3. The van der Waals surface area contributed by atoms with E-state index in [-0.39, 0.29) is 0 Å². The fraction of sp³-hybridized carbons (Fsp3) is 0.471. The monoisotopic (exact) mass is 288 g/mol. The largest absolute Gasteiger partial charge is 0.484 e. The lowest BCUT2D eigenvalue weighted by atomic mass is 10.2. The number of nitrogens with one attached hydrogen (secondary N) is 1. The molecule has 0 unspecified atom stereocenters. The van der Waals surface area contributed by atoms with E-state index in [2.05, 4.69) is 31.1 Å². The van der Waals surface area contributed by atoms with Crippen LogP contribution in [-0.4, -0.2) is 11.5 Å². The first kappa shape index (κ1) is 15.6. The first-order valence-corrected chi connectivity index (χ1v) is 7.39.